The standard InChI is InChI=1S/C27H23F5N6OS/c1-16-12-17(2)23(18(3)13-16)35-25(40)36-34-14-19-4-6-20(7-5-19)24-33-15-38(37-24)21-8-10-22(11-9-21)39-27(31,32)26(28,29)30/h4-15H,1-3H3,(H2,35,36,40). The summed E-state index contributed by atoms with van der Waals surface area (Å²) in [7, 11) is 0. The van der Waals surface area contributed by atoms with Gasteiger partial charge < -0.3 is 10.1 Å². The second kappa shape index (κ2) is 11.4. The fourth-order valence-electron chi connectivity index (χ4n) is 3.79. The largest absolute Gasteiger partial charge is 0.499 e. The number of halogens is 5. The third-order valence-electron chi connectivity index (χ3n) is 5.63. The van der Waals surface area contributed by atoms with Crippen molar-refractivity contribution in [2.45, 2.75) is 33.1 Å². The van der Waals surface area contributed by atoms with Crippen molar-refractivity contribution in [2.75, 3.05) is 5.32 Å². The molecule has 4 aromatic rings. The first-order valence-corrected chi connectivity index (χ1v) is 12.2. The number of aromatic nitrogens is 3. The van der Waals surface area contributed by atoms with Gasteiger partial charge >= 0.3 is 12.3 Å². The fourth-order valence-corrected chi connectivity index (χ4v) is 3.95. The van der Waals surface area contributed by atoms with Crippen molar-refractivity contribution in [2.24, 2.45) is 5.10 Å². The lowest BCUT2D eigenvalue weighted by molar-refractivity contribution is -0.360. The van der Waals surface area contributed by atoms with Crippen LogP contribution < -0.4 is 15.5 Å². The van der Waals surface area contributed by atoms with Crippen LogP contribution >= 0.6 is 12.2 Å². The molecule has 208 valence electrons. The molecule has 3 aromatic carbocycles. The Kier molecular flexibility index (Phi) is 8.14. The van der Waals surface area contributed by atoms with Gasteiger partial charge in [-0.2, -0.15) is 27.1 Å². The van der Waals surface area contributed by atoms with Crippen LogP contribution in [-0.4, -0.2) is 38.4 Å². The van der Waals surface area contributed by atoms with Gasteiger partial charge in [0.1, 0.15) is 12.1 Å². The Bertz CT molecular complexity index is 1510. The molecule has 0 aliphatic carbocycles. The number of rotatable bonds is 7. The van der Waals surface area contributed by atoms with Crippen LogP contribution in [0, 0.1) is 20.8 Å². The van der Waals surface area contributed by atoms with Crippen molar-refractivity contribution in [1.82, 2.24) is 20.2 Å². The molecule has 1 aromatic heterocycles. The lowest BCUT2D eigenvalue weighted by Crippen LogP contribution is -2.41. The van der Waals surface area contributed by atoms with E-state index in [1.807, 2.05) is 20.8 Å². The van der Waals surface area contributed by atoms with Crippen molar-refractivity contribution in [3.05, 3.63) is 89.2 Å². The van der Waals surface area contributed by atoms with Crippen molar-refractivity contribution in [1.29, 1.82) is 0 Å². The molecule has 0 fully saturated rings. The summed E-state index contributed by atoms with van der Waals surface area (Å²) in [6, 6.07) is 15.9. The molecule has 0 unspecified atom stereocenters. The number of hydrazone groups is 1. The van der Waals surface area contributed by atoms with E-state index >= 15 is 0 Å². The quantitative estimate of drug-likeness (QED) is 0.111. The van der Waals surface area contributed by atoms with E-state index in [2.05, 4.69) is 42.8 Å². The number of hydrogen-bond donors (Lipinski definition) is 2. The summed E-state index contributed by atoms with van der Waals surface area (Å²) < 4.78 is 68.3. The van der Waals surface area contributed by atoms with Gasteiger partial charge in [0.2, 0.25) is 0 Å². The number of alkyl halides is 5. The lowest BCUT2D eigenvalue weighted by Gasteiger charge is -2.20. The SMILES string of the molecule is Cc1cc(C)c(NC(=S)NN=Cc2ccc(-c3ncn(-c4ccc(OC(F)(F)C(F)(F)F)cc4)n3)cc2)c(C)c1. The van der Waals surface area contributed by atoms with Crippen LogP contribution in [0.25, 0.3) is 17.1 Å². The van der Waals surface area contributed by atoms with E-state index in [9.17, 15) is 22.0 Å². The number of thiocarbonyl (C=S) groups is 1. The molecule has 0 saturated heterocycles. The van der Waals surface area contributed by atoms with Crippen LogP contribution in [0.3, 0.4) is 0 Å². The molecule has 0 aliphatic rings. The third-order valence-corrected chi connectivity index (χ3v) is 5.83. The molecular formula is C27H23F5N6OS. The van der Waals surface area contributed by atoms with Gasteiger partial charge in [-0.25, -0.2) is 9.67 Å². The summed E-state index contributed by atoms with van der Waals surface area (Å²) in [5.41, 5.74) is 8.92. The van der Waals surface area contributed by atoms with Crippen LogP contribution in [0.15, 0.2) is 72.1 Å². The molecule has 0 spiro atoms. The van der Waals surface area contributed by atoms with E-state index < -0.39 is 18.0 Å². The predicted octanol–water partition coefficient (Wildman–Crippen LogP) is 6.71. The zero-order valence-electron chi connectivity index (χ0n) is 21.4. The Morgan fingerprint density at radius 2 is 1.57 bits per heavy atom. The molecule has 0 atom stereocenters. The van der Waals surface area contributed by atoms with Crippen LogP contribution in [0.5, 0.6) is 5.75 Å². The van der Waals surface area contributed by atoms with Crippen LogP contribution in [0.1, 0.15) is 22.3 Å². The van der Waals surface area contributed by atoms with E-state index in [4.69, 9.17) is 12.2 Å². The molecule has 4 rings (SSSR count). The minimum atomic E-state index is -5.82. The van der Waals surface area contributed by atoms with E-state index in [0.717, 1.165) is 34.5 Å². The molecule has 0 radical (unpaired) electrons. The van der Waals surface area contributed by atoms with Crippen LogP contribution in [0.2, 0.25) is 0 Å². The van der Waals surface area contributed by atoms with E-state index in [1.54, 1.807) is 30.5 Å². The molecule has 0 bridgehead atoms. The maximum absolute atomic E-state index is 13.1. The first-order chi connectivity index (χ1) is 18.8. The van der Waals surface area contributed by atoms with Gasteiger partial charge in [0.25, 0.3) is 0 Å². The number of aryl methyl sites for hydroxylation is 3. The zero-order valence-corrected chi connectivity index (χ0v) is 22.2. The maximum atomic E-state index is 13.1. The molecule has 0 saturated carbocycles. The van der Waals surface area contributed by atoms with Gasteiger partial charge in [0.05, 0.1) is 11.9 Å². The highest BCUT2D eigenvalue weighted by molar-refractivity contribution is 7.80. The van der Waals surface area contributed by atoms with Crippen molar-refractivity contribution >= 4 is 29.2 Å². The van der Waals surface area contributed by atoms with Gasteiger partial charge in [0.15, 0.2) is 10.9 Å². The third kappa shape index (κ3) is 6.78. The lowest BCUT2D eigenvalue weighted by atomic mass is 10.1. The Labute approximate surface area is 231 Å². The average molecular weight is 575 g/mol. The monoisotopic (exact) mass is 574 g/mol. The normalized spacial score (nSPS) is 12.0. The van der Waals surface area contributed by atoms with Gasteiger partial charge in [0, 0.05) is 11.3 Å². The predicted molar refractivity (Wildman–Crippen MR) is 146 cm³/mol. The van der Waals surface area contributed by atoms with Crippen molar-refractivity contribution in [3.8, 4) is 22.8 Å². The Hall–Kier alpha value is -4.39. The minimum Gasteiger partial charge on any atom is -0.426 e. The van der Waals surface area contributed by atoms with Crippen LogP contribution in [0.4, 0.5) is 27.6 Å². The summed E-state index contributed by atoms with van der Waals surface area (Å²) in [4.78, 5) is 4.23. The van der Waals surface area contributed by atoms with Gasteiger partial charge in [-0.1, -0.05) is 42.0 Å². The van der Waals surface area contributed by atoms with Gasteiger partial charge in [-0.3, -0.25) is 5.43 Å². The number of benzene rings is 3. The Balaban J connectivity index is 1.35. The number of ether oxygens (including phenoxy) is 1. The van der Waals surface area contributed by atoms with E-state index in [-0.39, 0.29) is 0 Å². The second-order valence-electron chi connectivity index (χ2n) is 8.84. The highest BCUT2D eigenvalue weighted by Gasteiger charge is 2.61. The summed E-state index contributed by atoms with van der Waals surface area (Å²) in [5.74, 6) is -0.269. The molecule has 13 heteroatoms. The Morgan fingerprint density at radius 3 is 2.17 bits per heavy atom. The number of nitrogens with one attached hydrogen (secondary N) is 2. The number of anilines is 1. The molecule has 2 N–H and O–H groups in total. The smallest absolute Gasteiger partial charge is 0.426 e. The summed E-state index contributed by atoms with van der Waals surface area (Å²) in [6.07, 6.45) is -8.14. The second-order valence-corrected chi connectivity index (χ2v) is 9.25. The summed E-state index contributed by atoms with van der Waals surface area (Å²) in [5, 5.41) is 12.0. The van der Waals surface area contributed by atoms with Gasteiger partial charge in [-0.15, -0.1) is 5.10 Å². The zero-order chi connectivity index (χ0) is 29.1. The van der Waals surface area contributed by atoms with Gasteiger partial charge in [-0.05, 0) is 73.9 Å². The molecule has 40 heavy (non-hydrogen) atoms. The first kappa shape index (κ1) is 28.6. The van der Waals surface area contributed by atoms with E-state index in [0.29, 0.717) is 22.2 Å². The number of nitrogens with zero attached hydrogens (tertiary/aromatic N) is 4. The molecular weight excluding hydrogens is 551 g/mol. The molecule has 0 amide bonds. The van der Waals surface area contributed by atoms with Crippen LogP contribution in [-0.2, 0) is 0 Å². The topological polar surface area (TPSA) is 76.4 Å². The molecule has 1 heterocycles. The number of hydrogen-bond acceptors (Lipinski definition) is 5. The Morgan fingerprint density at radius 1 is 0.950 bits per heavy atom. The first-order valence-electron chi connectivity index (χ1n) is 11.8. The maximum Gasteiger partial charge on any atom is 0.499 e. The minimum absolute atomic E-state index is 0.353. The van der Waals surface area contributed by atoms with E-state index in [1.165, 1.54) is 28.7 Å². The van der Waals surface area contributed by atoms with Crippen molar-refractivity contribution < 1.29 is 26.7 Å². The molecule has 0 aliphatic heterocycles. The molecule has 7 nitrogen and oxygen atoms in total. The van der Waals surface area contributed by atoms with Crippen molar-refractivity contribution in [3.63, 3.8) is 0 Å². The highest BCUT2D eigenvalue weighted by Crippen LogP contribution is 2.37. The average Bonchev–Trinajstić information content (AvgIpc) is 3.36. The summed E-state index contributed by atoms with van der Waals surface area (Å²) in [6.45, 7) is 6.04. The fraction of sp³-hybridized carbons (Fsp3) is 0.185. The summed E-state index contributed by atoms with van der Waals surface area (Å²) >= 11 is 5.34. The highest BCUT2D eigenvalue weighted by atomic mass is 32.1.